The Morgan fingerprint density at radius 3 is 2.71 bits per heavy atom. The van der Waals surface area contributed by atoms with Gasteiger partial charge in [0.15, 0.2) is 11.0 Å². The monoisotopic (exact) mass is 478 g/mol. The summed E-state index contributed by atoms with van der Waals surface area (Å²) in [6.07, 6.45) is 7.02. The lowest BCUT2D eigenvalue weighted by Crippen LogP contribution is -2.31. The van der Waals surface area contributed by atoms with Gasteiger partial charge in [0.05, 0.1) is 24.2 Å². The predicted octanol–water partition coefficient (Wildman–Crippen LogP) is 3.62. The minimum atomic E-state index is 0.00978. The van der Waals surface area contributed by atoms with Crippen molar-refractivity contribution >= 4 is 23.6 Å². The van der Waals surface area contributed by atoms with Crippen molar-refractivity contribution in [1.82, 2.24) is 29.5 Å². The third kappa shape index (κ3) is 6.02. The minimum Gasteiger partial charge on any atom is -0.341 e. The van der Waals surface area contributed by atoms with Crippen LogP contribution in [0.2, 0.25) is 0 Å². The molecule has 0 unspecified atom stereocenters. The average molecular weight is 479 g/mol. The lowest BCUT2D eigenvalue weighted by Gasteiger charge is -2.20. The fourth-order valence-electron chi connectivity index (χ4n) is 3.91. The van der Waals surface area contributed by atoms with Gasteiger partial charge in [-0.1, -0.05) is 48.0 Å². The van der Waals surface area contributed by atoms with Gasteiger partial charge >= 0.3 is 0 Å². The third-order valence-corrected chi connectivity index (χ3v) is 6.81. The molecular weight excluding hydrogens is 448 g/mol. The highest BCUT2D eigenvalue weighted by molar-refractivity contribution is 7.99. The number of thioether (sulfide) groups is 1. The number of benzene rings is 1. The van der Waals surface area contributed by atoms with Crippen molar-refractivity contribution in [2.45, 2.75) is 50.9 Å². The van der Waals surface area contributed by atoms with Crippen LogP contribution in [0.25, 0.3) is 5.69 Å². The van der Waals surface area contributed by atoms with Crippen LogP contribution in [-0.2, 0) is 22.7 Å². The summed E-state index contributed by atoms with van der Waals surface area (Å²) in [5.41, 5.74) is 3.10. The summed E-state index contributed by atoms with van der Waals surface area (Å²) in [4.78, 5) is 33.2. The van der Waals surface area contributed by atoms with E-state index in [0.717, 1.165) is 37.1 Å². The van der Waals surface area contributed by atoms with Gasteiger partial charge in [-0.2, -0.15) is 0 Å². The van der Waals surface area contributed by atoms with Crippen LogP contribution in [0.5, 0.6) is 0 Å². The first kappa shape index (κ1) is 23.9. The SMILES string of the molecule is Cc1ccc(CN(C)C(=O)CSc2nnc(CN3CCCCCC3=O)n2-c2cccnc2)cc1. The maximum Gasteiger partial charge on any atom is 0.233 e. The van der Waals surface area contributed by atoms with E-state index in [4.69, 9.17) is 0 Å². The number of carbonyl (C=O) groups is 2. The van der Waals surface area contributed by atoms with Crippen LogP contribution in [0.15, 0.2) is 53.9 Å². The number of nitrogens with zero attached hydrogens (tertiary/aromatic N) is 6. The molecular formula is C25H30N6O2S. The molecule has 1 saturated heterocycles. The topological polar surface area (TPSA) is 84.2 Å². The molecule has 0 spiro atoms. The molecule has 0 bridgehead atoms. The van der Waals surface area contributed by atoms with Gasteiger partial charge in [-0.15, -0.1) is 10.2 Å². The van der Waals surface area contributed by atoms with Crippen LogP contribution >= 0.6 is 11.8 Å². The molecule has 1 aliphatic rings. The Morgan fingerprint density at radius 2 is 1.94 bits per heavy atom. The van der Waals surface area contributed by atoms with Gasteiger partial charge in [-0.25, -0.2) is 0 Å². The number of hydrogen-bond acceptors (Lipinski definition) is 6. The summed E-state index contributed by atoms with van der Waals surface area (Å²) in [7, 11) is 1.81. The highest BCUT2D eigenvalue weighted by Crippen LogP contribution is 2.24. The molecule has 1 fully saturated rings. The highest BCUT2D eigenvalue weighted by Gasteiger charge is 2.22. The molecule has 2 amide bonds. The second-order valence-corrected chi connectivity index (χ2v) is 9.54. The number of rotatable bonds is 8. The summed E-state index contributed by atoms with van der Waals surface area (Å²) in [6.45, 7) is 3.72. The number of aryl methyl sites for hydroxylation is 1. The van der Waals surface area contributed by atoms with Gasteiger partial charge in [0.1, 0.15) is 0 Å². The molecule has 0 radical (unpaired) electrons. The number of carbonyl (C=O) groups excluding carboxylic acids is 2. The molecule has 0 aliphatic carbocycles. The number of pyridine rings is 1. The van der Waals surface area contributed by atoms with E-state index in [1.165, 1.54) is 17.3 Å². The van der Waals surface area contributed by atoms with E-state index in [0.29, 0.717) is 30.5 Å². The van der Waals surface area contributed by atoms with Gasteiger partial charge in [0, 0.05) is 32.8 Å². The Morgan fingerprint density at radius 1 is 1.12 bits per heavy atom. The Bertz CT molecular complexity index is 1120. The quantitative estimate of drug-likeness (QED) is 0.460. The molecule has 4 rings (SSSR count). The average Bonchev–Trinajstić information content (AvgIpc) is 3.14. The summed E-state index contributed by atoms with van der Waals surface area (Å²) in [5, 5.41) is 9.38. The van der Waals surface area contributed by atoms with Crippen molar-refractivity contribution in [3.63, 3.8) is 0 Å². The van der Waals surface area contributed by atoms with E-state index in [9.17, 15) is 9.59 Å². The van der Waals surface area contributed by atoms with Gasteiger partial charge in [0.25, 0.3) is 0 Å². The molecule has 3 aromatic rings. The molecule has 0 atom stereocenters. The summed E-state index contributed by atoms with van der Waals surface area (Å²) in [5.74, 6) is 1.07. The zero-order valence-corrected chi connectivity index (χ0v) is 20.5. The normalized spacial score (nSPS) is 14.2. The molecule has 3 heterocycles. The lowest BCUT2D eigenvalue weighted by atomic mass is 10.1. The van der Waals surface area contributed by atoms with Crippen LogP contribution in [0, 0.1) is 6.92 Å². The summed E-state index contributed by atoms with van der Waals surface area (Å²) >= 11 is 1.35. The maximum atomic E-state index is 12.8. The first-order valence-corrected chi connectivity index (χ1v) is 12.5. The molecule has 8 nitrogen and oxygen atoms in total. The fraction of sp³-hybridized carbons (Fsp3) is 0.400. The Labute approximate surface area is 204 Å². The molecule has 1 aliphatic heterocycles. The minimum absolute atomic E-state index is 0.00978. The molecule has 34 heavy (non-hydrogen) atoms. The second-order valence-electron chi connectivity index (χ2n) is 8.60. The zero-order chi connectivity index (χ0) is 23.9. The molecule has 9 heteroatoms. The molecule has 2 aromatic heterocycles. The molecule has 178 valence electrons. The highest BCUT2D eigenvalue weighted by atomic mass is 32.2. The fourth-order valence-corrected chi connectivity index (χ4v) is 4.82. The van der Waals surface area contributed by atoms with Crippen molar-refractivity contribution in [3.05, 3.63) is 65.7 Å². The smallest absolute Gasteiger partial charge is 0.233 e. The summed E-state index contributed by atoms with van der Waals surface area (Å²) in [6, 6.07) is 12.0. The molecule has 1 aromatic carbocycles. The standard InChI is InChI=1S/C25H30N6O2S/c1-19-9-11-20(12-10-19)16-29(2)24(33)18-34-25-28-27-22(31(25)21-7-6-13-26-15-21)17-30-14-5-3-4-8-23(30)32/h6-7,9-13,15H,3-5,8,14,16-18H2,1-2H3. The Hall–Kier alpha value is -3.20. The van der Waals surface area contributed by atoms with E-state index in [-0.39, 0.29) is 17.6 Å². The van der Waals surface area contributed by atoms with Gasteiger partial charge in [0.2, 0.25) is 11.8 Å². The van der Waals surface area contributed by atoms with E-state index in [2.05, 4.69) is 27.3 Å². The summed E-state index contributed by atoms with van der Waals surface area (Å²) < 4.78 is 1.91. The van der Waals surface area contributed by atoms with Crippen LogP contribution < -0.4 is 0 Å². The van der Waals surface area contributed by atoms with Gasteiger partial charge < -0.3 is 9.80 Å². The Kier molecular flexibility index (Phi) is 7.95. The van der Waals surface area contributed by atoms with Crippen LogP contribution in [0.4, 0.5) is 0 Å². The zero-order valence-electron chi connectivity index (χ0n) is 19.7. The van der Waals surface area contributed by atoms with Crippen LogP contribution in [0.1, 0.15) is 42.6 Å². The lowest BCUT2D eigenvalue weighted by molar-refractivity contribution is -0.131. The molecule has 0 saturated carbocycles. The second kappa shape index (κ2) is 11.3. The number of hydrogen-bond donors (Lipinski definition) is 0. The van der Waals surface area contributed by atoms with Crippen LogP contribution in [-0.4, -0.2) is 60.7 Å². The van der Waals surface area contributed by atoms with E-state index < -0.39 is 0 Å². The predicted molar refractivity (Wildman–Crippen MR) is 131 cm³/mol. The first-order valence-electron chi connectivity index (χ1n) is 11.6. The number of amides is 2. The van der Waals surface area contributed by atoms with E-state index in [1.807, 2.05) is 47.7 Å². The van der Waals surface area contributed by atoms with Crippen molar-refractivity contribution in [3.8, 4) is 5.69 Å². The van der Waals surface area contributed by atoms with Crippen LogP contribution in [0.3, 0.4) is 0 Å². The number of likely N-dealkylation sites (tertiary alicyclic amines) is 1. The first-order chi connectivity index (χ1) is 16.5. The number of aromatic nitrogens is 4. The van der Waals surface area contributed by atoms with Gasteiger partial charge in [-0.05, 0) is 37.5 Å². The van der Waals surface area contributed by atoms with E-state index >= 15 is 0 Å². The largest absolute Gasteiger partial charge is 0.341 e. The van der Waals surface area contributed by atoms with Crippen molar-refractivity contribution in [2.24, 2.45) is 0 Å². The van der Waals surface area contributed by atoms with Crippen molar-refractivity contribution in [2.75, 3.05) is 19.3 Å². The molecule has 0 N–H and O–H groups in total. The third-order valence-electron chi connectivity index (χ3n) is 5.90. The van der Waals surface area contributed by atoms with Crippen molar-refractivity contribution in [1.29, 1.82) is 0 Å². The van der Waals surface area contributed by atoms with E-state index in [1.54, 1.807) is 17.3 Å². The Balaban J connectivity index is 1.48. The maximum absolute atomic E-state index is 12.8. The van der Waals surface area contributed by atoms with Gasteiger partial charge in [-0.3, -0.25) is 19.1 Å². The van der Waals surface area contributed by atoms with Crippen molar-refractivity contribution < 1.29 is 9.59 Å².